The van der Waals surface area contributed by atoms with Gasteiger partial charge in [0.25, 0.3) is 0 Å². The minimum atomic E-state index is -1.11. The van der Waals surface area contributed by atoms with Crippen LogP contribution in [0.5, 0.6) is 5.75 Å². The molecular formula is C22H23NO6. The maximum absolute atomic E-state index is 12.9. The van der Waals surface area contributed by atoms with Crippen LogP contribution in [0.3, 0.4) is 0 Å². The summed E-state index contributed by atoms with van der Waals surface area (Å²) < 4.78 is 0. The number of carboxylic acid groups (broad SMARTS) is 1. The third kappa shape index (κ3) is 5.00. The summed E-state index contributed by atoms with van der Waals surface area (Å²) in [5, 5.41) is 27.9. The van der Waals surface area contributed by atoms with Crippen molar-refractivity contribution in [3.05, 3.63) is 64.7 Å². The summed E-state index contributed by atoms with van der Waals surface area (Å²) in [6.45, 7) is -0.989. The number of nitrogens with zero attached hydrogens (tertiary/aromatic N) is 1. The monoisotopic (exact) mass is 397 g/mol. The number of rotatable bonds is 8. The maximum Gasteiger partial charge on any atom is 0.323 e. The number of aryl methyl sites for hydroxylation is 1. The number of phenols is 1. The lowest BCUT2D eigenvalue weighted by Crippen LogP contribution is -2.35. The molecule has 3 N–H and O–H groups in total. The average molecular weight is 397 g/mol. The molecule has 0 saturated heterocycles. The summed E-state index contributed by atoms with van der Waals surface area (Å²) in [4.78, 5) is 37.1. The Morgan fingerprint density at radius 1 is 1.10 bits per heavy atom. The number of carbonyl (C=O) groups is 3. The van der Waals surface area contributed by atoms with Gasteiger partial charge < -0.3 is 20.2 Å². The number of carbonyl (C=O) groups excluding carboxylic acids is 2. The van der Waals surface area contributed by atoms with Crippen LogP contribution in [0.2, 0.25) is 0 Å². The number of aromatic hydroxyl groups is 1. The van der Waals surface area contributed by atoms with Crippen LogP contribution < -0.4 is 0 Å². The molecule has 7 nitrogen and oxygen atoms in total. The Balaban J connectivity index is 1.75. The first-order chi connectivity index (χ1) is 13.9. The molecule has 0 heterocycles. The fraction of sp³-hybridized carbons (Fsp3) is 0.318. The topological polar surface area (TPSA) is 115 Å². The Labute approximate surface area is 168 Å². The molecule has 1 unspecified atom stereocenters. The van der Waals surface area contributed by atoms with E-state index in [1.807, 2.05) is 6.07 Å². The highest BCUT2D eigenvalue weighted by molar-refractivity contribution is 5.97. The fourth-order valence-corrected chi connectivity index (χ4v) is 3.79. The molecule has 0 bridgehead atoms. The third-order valence-electron chi connectivity index (χ3n) is 5.19. The van der Waals surface area contributed by atoms with Crippen molar-refractivity contribution in [3.63, 3.8) is 0 Å². The number of hydrogen-bond donors (Lipinski definition) is 3. The summed E-state index contributed by atoms with van der Waals surface area (Å²) >= 11 is 0. The van der Waals surface area contributed by atoms with E-state index < -0.39 is 24.9 Å². The number of aliphatic hydroxyl groups excluding tert-OH is 1. The molecule has 1 amide bonds. The third-order valence-corrected chi connectivity index (χ3v) is 5.19. The fourth-order valence-electron chi connectivity index (χ4n) is 3.79. The predicted molar refractivity (Wildman–Crippen MR) is 105 cm³/mol. The number of benzene rings is 2. The van der Waals surface area contributed by atoms with Crippen molar-refractivity contribution in [2.75, 3.05) is 13.2 Å². The number of phenolic OH excluding ortho intramolecular Hbond substituents is 1. The highest BCUT2D eigenvalue weighted by atomic mass is 16.4. The highest BCUT2D eigenvalue weighted by Crippen LogP contribution is 2.37. The lowest BCUT2D eigenvalue weighted by Gasteiger charge is -2.23. The standard InChI is InChI=1S/C22H23NO6/c24-13-20(26)17-3-1-2-14(8-17)11-23(12-22(28)29)21(27)10-16-5-4-15-9-18(25)6-7-19(15)16/h1-3,6-9,16,24-25H,4-5,10-13H2,(H,28,29). The normalized spacial score (nSPS) is 15.0. The molecule has 0 fully saturated rings. The molecule has 7 heteroatoms. The van der Waals surface area contributed by atoms with Gasteiger partial charge in [-0.1, -0.05) is 24.3 Å². The van der Waals surface area contributed by atoms with Gasteiger partial charge in [-0.3, -0.25) is 14.4 Å². The molecule has 0 radical (unpaired) electrons. The maximum atomic E-state index is 12.9. The van der Waals surface area contributed by atoms with Gasteiger partial charge in [0.1, 0.15) is 18.9 Å². The van der Waals surface area contributed by atoms with Crippen LogP contribution in [0.25, 0.3) is 0 Å². The zero-order chi connectivity index (χ0) is 21.0. The molecule has 1 atom stereocenters. The van der Waals surface area contributed by atoms with Gasteiger partial charge in [-0.25, -0.2) is 0 Å². The van der Waals surface area contributed by atoms with Crippen molar-refractivity contribution in [3.8, 4) is 5.75 Å². The van der Waals surface area contributed by atoms with Crippen molar-refractivity contribution >= 4 is 17.7 Å². The SMILES string of the molecule is O=C(O)CN(Cc1cccc(C(=O)CO)c1)C(=O)CC1CCc2cc(O)ccc21. The Morgan fingerprint density at radius 3 is 2.62 bits per heavy atom. The van der Waals surface area contributed by atoms with E-state index in [9.17, 15) is 24.6 Å². The Morgan fingerprint density at radius 2 is 1.90 bits per heavy atom. The van der Waals surface area contributed by atoms with Crippen molar-refractivity contribution in [1.29, 1.82) is 0 Å². The summed E-state index contributed by atoms with van der Waals surface area (Å²) in [6.07, 6.45) is 1.72. The van der Waals surface area contributed by atoms with E-state index in [0.717, 1.165) is 24.0 Å². The lowest BCUT2D eigenvalue weighted by molar-refractivity contribution is -0.145. The smallest absolute Gasteiger partial charge is 0.323 e. The molecule has 2 aromatic carbocycles. The van der Waals surface area contributed by atoms with Gasteiger partial charge in [0.05, 0.1) is 0 Å². The summed E-state index contributed by atoms with van der Waals surface area (Å²) in [5.41, 5.74) is 2.97. The van der Waals surface area contributed by atoms with E-state index >= 15 is 0 Å². The molecule has 3 rings (SSSR count). The number of hydrogen-bond acceptors (Lipinski definition) is 5. The molecule has 0 aromatic heterocycles. The van der Waals surface area contributed by atoms with Gasteiger partial charge in [0, 0.05) is 18.5 Å². The minimum Gasteiger partial charge on any atom is -0.508 e. The van der Waals surface area contributed by atoms with Gasteiger partial charge in [0.2, 0.25) is 5.91 Å². The van der Waals surface area contributed by atoms with Gasteiger partial charge >= 0.3 is 5.97 Å². The Hall–Kier alpha value is -3.19. The van der Waals surface area contributed by atoms with Crippen LogP contribution in [0, 0.1) is 0 Å². The highest BCUT2D eigenvalue weighted by Gasteiger charge is 2.28. The molecule has 29 heavy (non-hydrogen) atoms. The minimum absolute atomic E-state index is 0.0169. The molecule has 0 saturated carbocycles. The van der Waals surface area contributed by atoms with E-state index in [0.29, 0.717) is 11.1 Å². The number of ketones is 1. The first kappa shape index (κ1) is 20.5. The quantitative estimate of drug-likeness (QED) is 0.588. The largest absolute Gasteiger partial charge is 0.508 e. The Kier molecular flexibility index (Phi) is 6.29. The van der Waals surface area contributed by atoms with Gasteiger partial charge in [-0.15, -0.1) is 0 Å². The van der Waals surface area contributed by atoms with Crippen LogP contribution in [0.15, 0.2) is 42.5 Å². The number of Topliss-reactive ketones (excluding diaryl/α,β-unsaturated/α-hetero) is 1. The second-order valence-electron chi connectivity index (χ2n) is 7.25. The van der Waals surface area contributed by atoms with Crippen LogP contribution in [-0.4, -0.2) is 51.0 Å². The number of carboxylic acids is 1. The van der Waals surface area contributed by atoms with Crippen molar-refractivity contribution in [1.82, 2.24) is 4.90 Å². The molecular weight excluding hydrogens is 374 g/mol. The summed E-state index contributed by atoms with van der Waals surface area (Å²) in [7, 11) is 0. The van der Waals surface area contributed by atoms with Crippen LogP contribution >= 0.6 is 0 Å². The summed E-state index contributed by atoms with van der Waals surface area (Å²) in [6, 6.07) is 11.6. The van der Waals surface area contributed by atoms with Gasteiger partial charge in [-0.2, -0.15) is 0 Å². The van der Waals surface area contributed by atoms with Gasteiger partial charge in [-0.05, 0) is 53.6 Å². The molecule has 2 aromatic rings. The molecule has 1 aliphatic rings. The summed E-state index contributed by atoms with van der Waals surface area (Å²) in [5.74, 6) is -1.65. The van der Waals surface area contributed by atoms with Gasteiger partial charge in [0.15, 0.2) is 5.78 Å². The molecule has 152 valence electrons. The van der Waals surface area contributed by atoms with E-state index in [4.69, 9.17) is 5.11 Å². The van der Waals surface area contributed by atoms with Crippen LogP contribution in [-0.2, 0) is 22.6 Å². The van der Waals surface area contributed by atoms with E-state index in [1.54, 1.807) is 36.4 Å². The number of fused-ring (bicyclic) bond motifs is 1. The van der Waals surface area contributed by atoms with Crippen LogP contribution in [0.1, 0.15) is 45.8 Å². The zero-order valence-corrected chi connectivity index (χ0v) is 15.9. The first-order valence-corrected chi connectivity index (χ1v) is 9.41. The molecule has 1 aliphatic carbocycles. The average Bonchev–Trinajstić information content (AvgIpc) is 3.08. The Bertz CT molecular complexity index is 939. The second kappa shape index (κ2) is 8.87. The molecule has 0 spiro atoms. The van der Waals surface area contributed by atoms with Crippen molar-refractivity contribution in [2.24, 2.45) is 0 Å². The lowest BCUT2D eigenvalue weighted by atomic mass is 9.97. The first-order valence-electron chi connectivity index (χ1n) is 9.41. The van der Waals surface area contributed by atoms with E-state index in [2.05, 4.69) is 0 Å². The predicted octanol–water partition coefficient (Wildman–Crippen LogP) is 2.10. The zero-order valence-electron chi connectivity index (χ0n) is 15.9. The number of aliphatic hydroxyl groups is 1. The number of aliphatic carboxylic acids is 1. The van der Waals surface area contributed by atoms with E-state index in [-0.39, 0.29) is 30.5 Å². The second-order valence-corrected chi connectivity index (χ2v) is 7.25. The van der Waals surface area contributed by atoms with E-state index in [1.165, 1.54) is 4.90 Å². The van der Waals surface area contributed by atoms with Crippen LogP contribution in [0.4, 0.5) is 0 Å². The van der Waals surface area contributed by atoms with Crippen molar-refractivity contribution < 1.29 is 29.7 Å². The molecule has 0 aliphatic heterocycles. The number of amides is 1. The van der Waals surface area contributed by atoms with Crippen molar-refractivity contribution in [2.45, 2.75) is 31.7 Å².